The van der Waals surface area contributed by atoms with Crippen LogP contribution in [-0.4, -0.2) is 23.0 Å². The number of carbonyl (C=O) groups excluding carboxylic acids is 2. The molecule has 7 heteroatoms. The van der Waals surface area contributed by atoms with E-state index in [-0.39, 0.29) is 23.0 Å². The van der Waals surface area contributed by atoms with E-state index in [1.165, 1.54) is 0 Å². The number of hydrogen-bond acceptors (Lipinski definition) is 4. The molecule has 1 atom stereocenters. The van der Waals surface area contributed by atoms with Crippen molar-refractivity contribution in [2.45, 2.75) is 59.0 Å². The Morgan fingerprint density at radius 2 is 1.96 bits per heavy atom. The predicted octanol–water partition coefficient (Wildman–Crippen LogP) is 3.08. The molecule has 0 saturated carbocycles. The highest BCUT2D eigenvalue weighted by Crippen LogP contribution is 2.15. The maximum Gasteiger partial charge on any atom is 0.257 e. The first-order chi connectivity index (χ1) is 12.0. The Balaban J connectivity index is 2.46. The van der Waals surface area contributed by atoms with Crippen molar-refractivity contribution in [3.63, 3.8) is 0 Å². The van der Waals surface area contributed by atoms with Crippen LogP contribution in [0.1, 0.15) is 63.2 Å². The Morgan fingerprint density at radius 3 is 2.64 bits per heavy atom. The molecular formula is C18H27N3O3S. The highest BCUT2D eigenvalue weighted by atomic mass is 32.1. The first-order valence-corrected chi connectivity index (χ1v) is 9.04. The molecule has 25 heavy (non-hydrogen) atoms. The molecule has 2 amide bonds. The van der Waals surface area contributed by atoms with E-state index in [2.05, 4.69) is 23.1 Å². The SMILES string of the molecule is CCCCCC(=O)NNC(=S)NC(=O)c1cccc(OC(C)CC)c1. The third-order valence-electron chi connectivity index (χ3n) is 3.56. The maximum absolute atomic E-state index is 12.2. The van der Waals surface area contributed by atoms with E-state index in [1.54, 1.807) is 24.3 Å². The summed E-state index contributed by atoms with van der Waals surface area (Å²) in [6.45, 7) is 6.07. The van der Waals surface area contributed by atoms with Gasteiger partial charge in [-0.2, -0.15) is 0 Å². The summed E-state index contributed by atoms with van der Waals surface area (Å²) in [7, 11) is 0. The van der Waals surface area contributed by atoms with E-state index in [9.17, 15) is 9.59 Å². The van der Waals surface area contributed by atoms with Gasteiger partial charge in [0.2, 0.25) is 5.91 Å². The van der Waals surface area contributed by atoms with Gasteiger partial charge in [0, 0.05) is 12.0 Å². The van der Waals surface area contributed by atoms with Crippen molar-refractivity contribution < 1.29 is 14.3 Å². The lowest BCUT2D eigenvalue weighted by molar-refractivity contribution is -0.121. The van der Waals surface area contributed by atoms with Gasteiger partial charge in [0.15, 0.2) is 5.11 Å². The smallest absolute Gasteiger partial charge is 0.257 e. The van der Waals surface area contributed by atoms with Gasteiger partial charge < -0.3 is 4.74 Å². The Morgan fingerprint density at radius 1 is 1.20 bits per heavy atom. The van der Waals surface area contributed by atoms with E-state index in [1.807, 2.05) is 13.8 Å². The number of hydrazine groups is 1. The third kappa shape index (κ3) is 8.49. The number of hydrogen-bond donors (Lipinski definition) is 3. The molecule has 1 aromatic rings. The lowest BCUT2D eigenvalue weighted by atomic mass is 10.2. The van der Waals surface area contributed by atoms with Gasteiger partial charge in [-0.3, -0.25) is 25.8 Å². The second kappa shape index (κ2) is 11.4. The lowest BCUT2D eigenvalue weighted by Crippen LogP contribution is -2.48. The second-order valence-electron chi connectivity index (χ2n) is 5.78. The van der Waals surface area contributed by atoms with Gasteiger partial charge in [-0.1, -0.05) is 32.8 Å². The van der Waals surface area contributed by atoms with Gasteiger partial charge >= 0.3 is 0 Å². The van der Waals surface area contributed by atoms with Crippen molar-refractivity contribution in [2.24, 2.45) is 0 Å². The van der Waals surface area contributed by atoms with Gasteiger partial charge in [0.05, 0.1) is 6.10 Å². The van der Waals surface area contributed by atoms with E-state index < -0.39 is 0 Å². The summed E-state index contributed by atoms with van der Waals surface area (Å²) < 4.78 is 5.70. The molecule has 0 aliphatic carbocycles. The van der Waals surface area contributed by atoms with Gasteiger partial charge in [0.1, 0.15) is 5.75 Å². The first-order valence-electron chi connectivity index (χ1n) is 8.63. The van der Waals surface area contributed by atoms with Crippen molar-refractivity contribution >= 4 is 29.1 Å². The van der Waals surface area contributed by atoms with Crippen molar-refractivity contribution in [1.82, 2.24) is 16.2 Å². The minimum Gasteiger partial charge on any atom is -0.491 e. The number of nitrogens with one attached hydrogen (secondary N) is 3. The molecule has 0 aliphatic heterocycles. The predicted molar refractivity (Wildman–Crippen MR) is 102 cm³/mol. The van der Waals surface area contributed by atoms with Crippen LogP contribution in [0, 0.1) is 0 Å². The van der Waals surface area contributed by atoms with Gasteiger partial charge in [-0.15, -0.1) is 0 Å². The number of rotatable bonds is 8. The van der Waals surface area contributed by atoms with Crippen LogP contribution in [0.3, 0.4) is 0 Å². The molecule has 0 aliphatic rings. The normalized spacial score (nSPS) is 11.3. The molecule has 6 nitrogen and oxygen atoms in total. The molecule has 0 aromatic heterocycles. The van der Waals surface area contributed by atoms with Crippen LogP contribution in [0.4, 0.5) is 0 Å². The van der Waals surface area contributed by atoms with Crippen molar-refractivity contribution in [3.05, 3.63) is 29.8 Å². The molecule has 0 heterocycles. The third-order valence-corrected chi connectivity index (χ3v) is 3.76. The number of benzene rings is 1. The van der Waals surface area contributed by atoms with Crippen molar-refractivity contribution in [2.75, 3.05) is 0 Å². The van der Waals surface area contributed by atoms with E-state index in [0.29, 0.717) is 17.7 Å². The molecule has 1 unspecified atom stereocenters. The van der Waals surface area contributed by atoms with Crippen LogP contribution in [0.25, 0.3) is 0 Å². The summed E-state index contributed by atoms with van der Waals surface area (Å²) in [6.07, 6.45) is 4.25. The molecule has 138 valence electrons. The Bertz CT molecular complexity index is 593. The summed E-state index contributed by atoms with van der Waals surface area (Å²) in [5, 5.41) is 2.57. The molecule has 0 bridgehead atoms. The van der Waals surface area contributed by atoms with E-state index >= 15 is 0 Å². The van der Waals surface area contributed by atoms with Crippen LogP contribution in [-0.2, 0) is 4.79 Å². The molecular weight excluding hydrogens is 338 g/mol. The molecule has 1 aromatic carbocycles. The molecule has 0 radical (unpaired) electrons. The average molecular weight is 365 g/mol. The van der Waals surface area contributed by atoms with Crippen LogP contribution in [0.5, 0.6) is 5.75 Å². The van der Waals surface area contributed by atoms with Crippen LogP contribution >= 0.6 is 12.2 Å². The summed E-state index contributed by atoms with van der Waals surface area (Å²) in [6, 6.07) is 6.88. The fourth-order valence-electron chi connectivity index (χ4n) is 1.96. The van der Waals surface area contributed by atoms with Gasteiger partial charge in [-0.05, 0) is 50.2 Å². The Hall–Kier alpha value is -2.15. The average Bonchev–Trinajstić information content (AvgIpc) is 2.60. The fraction of sp³-hybridized carbons (Fsp3) is 0.500. The number of thiocarbonyl (C=S) groups is 1. The number of amides is 2. The molecule has 0 spiro atoms. The Kier molecular flexibility index (Phi) is 9.54. The summed E-state index contributed by atoms with van der Waals surface area (Å²) in [5.74, 6) is 0.103. The summed E-state index contributed by atoms with van der Waals surface area (Å²) >= 11 is 5.02. The van der Waals surface area contributed by atoms with E-state index in [0.717, 1.165) is 25.7 Å². The van der Waals surface area contributed by atoms with Crippen LogP contribution < -0.4 is 20.9 Å². The van der Waals surface area contributed by atoms with Crippen LogP contribution in [0.15, 0.2) is 24.3 Å². The summed E-state index contributed by atoms with van der Waals surface area (Å²) in [4.78, 5) is 23.8. The molecule has 0 fully saturated rings. The molecule has 0 saturated heterocycles. The largest absolute Gasteiger partial charge is 0.491 e. The highest BCUT2D eigenvalue weighted by Gasteiger charge is 2.10. The quantitative estimate of drug-likeness (QED) is 0.375. The number of ether oxygens (including phenoxy) is 1. The van der Waals surface area contributed by atoms with Gasteiger partial charge in [-0.25, -0.2) is 0 Å². The first kappa shape index (κ1) is 20.9. The highest BCUT2D eigenvalue weighted by molar-refractivity contribution is 7.80. The zero-order valence-electron chi connectivity index (χ0n) is 15.1. The van der Waals surface area contributed by atoms with Crippen molar-refractivity contribution in [1.29, 1.82) is 0 Å². The maximum atomic E-state index is 12.2. The number of carbonyl (C=O) groups is 2. The molecule has 1 rings (SSSR count). The van der Waals surface area contributed by atoms with Crippen molar-refractivity contribution in [3.8, 4) is 5.75 Å². The standard InChI is InChI=1S/C18H27N3O3S/c1-4-6-7-11-16(22)20-21-18(25)19-17(23)14-9-8-10-15(12-14)24-13(3)5-2/h8-10,12-13H,4-7,11H2,1-3H3,(H,20,22)(H2,19,21,23,25). The van der Waals surface area contributed by atoms with Crippen LogP contribution in [0.2, 0.25) is 0 Å². The number of unbranched alkanes of at least 4 members (excludes halogenated alkanes) is 2. The Labute approximate surface area is 154 Å². The monoisotopic (exact) mass is 365 g/mol. The minimum absolute atomic E-state index is 0.0436. The second-order valence-corrected chi connectivity index (χ2v) is 6.19. The van der Waals surface area contributed by atoms with E-state index in [4.69, 9.17) is 17.0 Å². The fourth-order valence-corrected chi connectivity index (χ4v) is 2.10. The minimum atomic E-state index is -0.368. The zero-order valence-corrected chi connectivity index (χ0v) is 15.9. The topological polar surface area (TPSA) is 79.5 Å². The zero-order chi connectivity index (χ0) is 18.7. The molecule has 3 N–H and O–H groups in total. The van der Waals surface area contributed by atoms with Gasteiger partial charge in [0.25, 0.3) is 5.91 Å². The lowest BCUT2D eigenvalue weighted by Gasteiger charge is -2.14. The summed E-state index contributed by atoms with van der Waals surface area (Å²) in [5.41, 5.74) is 5.44.